The van der Waals surface area contributed by atoms with Crippen molar-refractivity contribution in [1.82, 2.24) is 15.2 Å². The molecule has 1 aromatic heterocycles. The maximum absolute atomic E-state index is 10.8. The summed E-state index contributed by atoms with van der Waals surface area (Å²) in [6.45, 7) is 2.75. The molecule has 2 rings (SSSR count). The van der Waals surface area contributed by atoms with E-state index in [9.17, 15) is 4.79 Å². The maximum Gasteiger partial charge on any atom is 0.340 e. The zero-order valence-corrected chi connectivity index (χ0v) is 11.6. The van der Waals surface area contributed by atoms with E-state index in [0.29, 0.717) is 18.2 Å². The van der Waals surface area contributed by atoms with E-state index in [0.717, 1.165) is 17.9 Å². The summed E-state index contributed by atoms with van der Waals surface area (Å²) in [6, 6.07) is 8.04. The summed E-state index contributed by atoms with van der Waals surface area (Å²) in [6.07, 6.45) is 0.966. The second kappa shape index (κ2) is 7.04. The van der Waals surface area contributed by atoms with Crippen LogP contribution in [0, 0.1) is 6.92 Å². The molecule has 102 valence electrons. The van der Waals surface area contributed by atoms with Crippen molar-refractivity contribution < 1.29 is 4.74 Å². The van der Waals surface area contributed by atoms with Crippen LogP contribution >= 0.6 is 11.8 Å². The van der Waals surface area contributed by atoms with Crippen LogP contribution < -0.4 is 10.4 Å². The van der Waals surface area contributed by atoms with Gasteiger partial charge in [0.25, 0.3) is 0 Å². The molecule has 0 saturated heterocycles. The highest BCUT2D eigenvalue weighted by molar-refractivity contribution is 7.98. The Bertz CT molecular complexity index is 565. The molecule has 2 N–H and O–H groups in total. The van der Waals surface area contributed by atoms with E-state index in [-0.39, 0.29) is 5.69 Å². The average molecular weight is 279 g/mol. The lowest BCUT2D eigenvalue weighted by Crippen LogP contribution is -2.01. The van der Waals surface area contributed by atoms with Gasteiger partial charge in [0.05, 0.1) is 12.4 Å². The van der Waals surface area contributed by atoms with Gasteiger partial charge in [-0.1, -0.05) is 12.1 Å². The van der Waals surface area contributed by atoms with Gasteiger partial charge < -0.3 is 4.74 Å². The molecule has 0 fully saturated rings. The molecule has 0 radical (unpaired) electrons. The minimum Gasteiger partial charge on any atom is -0.494 e. The second-order valence-electron chi connectivity index (χ2n) is 4.20. The zero-order valence-electron chi connectivity index (χ0n) is 10.8. The van der Waals surface area contributed by atoms with Gasteiger partial charge in [-0.25, -0.2) is 9.89 Å². The predicted molar refractivity (Wildman–Crippen MR) is 76.7 cm³/mol. The molecule has 0 unspecified atom stereocenters. The van der Waals surface area contributed by atoms with E-state index in [4.69, 9.17) is 4.74 Å². The lowest BCUT2D eigenvalue weighted by Gasteiger charge is -2.06. The third kappa shape index (κ3) is 4.82. The van der Waals surface area contributed by atoms with Gasteiger partial charge >= 0.3 is 5.69 Å². The first-order chi connectivity index (χ1) is 9.24. The highest BCUT2D eigenvalue weighted by Crippen LogP contribution is 2.13. The van der Waals surface area contributed by atoms with Crippen molar-refractivity contribution in [3.8, 4) is 5.75 Å². The molecular formula is C13H17N3O2S. The summed E-state index contributed by atoms with van der Waals surface area (Å²) in [7, 11) is 0. The summed E-state index contributed by atoms with van der Waals surface area (Å²) in [4.78, 5) is 13.4. The van der Waals surface area contributed by atoms with Gasteiger partial charge in [0.15, 0.2) is 0 Å². The molecule has 1 aromatic carbocycles. The van der Waals surface area contributed by atoms with Crippen LogP contribution in [0.15, 0.2) is 29.1 Å². The summed E-state index contributed by atoms with van der Waals surface area (Å²) in [5.41, 5.74) is 0.952. The molecule has 0 aliphatic rings. The van der Waals surface area contributed by atoms with Crippen LogP contribution in [0.5, 0.6) is 5.75 Å². The first-order valence-electron chi connectivity index (χ1n) is 6.15. The SMILES string of the molecule is Cc1cccc(OCCCSCc2n[nH]c(=O)[nH]2)c1. The topological polar surface area (TPSA) is 70.8 Å². The number of nitrogens with zero attached hydrogens (tertiary/aromatic N) is 1. The largest absolute Gasteiger partial charge is 0.494 e. The molecule has 2 aromatic rings. The number of hydrogen-bond acceptors (Lipinski definition) is 4. The Labute approximate surface area is 115 Å². The zero-order chi connectivity index (χ0) is 13.5. The second-order valence-corrected chi connectivity index (χ2v) is 5.30. The minimum absolute atomic E-state index is 0.251. The Kier molecular flexibility index (Phi) is 5.09. The summed E-state index contributed by atoms with van der Waals surface area (Å²) >= 11 is 1.73. The summed E-state index contributed by atoms with van der Waals surface area (Å²) in [5, 5.41) is 6.19. The third-order valence-corrected chi connectivity index (χ3v) is 3.54. The van der Waals surface area contributed by atoms with Crippen molar-refractivity contribution in [3.05, 3.63) is 46.1 Å². The van der Waals surface area contributed by atoms with Gasteiger partial charge in [-0.3, -0.25) is 4.98 Å². The highest BCUT2D eigenvalue weighted by Gasteiger charge is 1.98. The van der Waals surface area contributed by atoms with Gasteiger partial charge in [-0.05, 0) is 36.8 Å². The molecule has 6 heteroatoms. The van der Waals surface area contributed by atoms with Gasteiger partial charge in [0.2, 0.25) is 0 Å². The van der Waals surface area contributed by atoms with Crippen LogP contribution in [0.3, 0.4) is 0 Å². The van der Waals surface area contributed by atoms with Crippen LogP contribution in [0.1, 0.15) is 17.8 Å². The van der Waals surface area contributed by atoms with Crippen LogP contribution in [0.2, 0.25) is 0 Å². The smallest absolute Gasteiger partial charge is 0.340 e. The molecule has 5 nitrogen and oxygen atoms in total. The lowest BCUT2D eigenvalue weighted by atomic mass is 10.2. The van der Waals surface area contributed by atoms with Crippen molar-refractivity contribution in [1.29, 1.82) is 0 Å². The van der Waals surface area contributed by atoms with Gasteiger partial charge in [-0.15, -0.1) is 0 Å². The molecule has 0 aliphatic heterocycles. The first kappa shape index (κ1) is 13.7. The van der Waals surface area contributed by atoms with Gasteiger partial charge in [0.1, 0.15) is 11.6 Å². The molecule has 0 spiro atoms. The Morgan fingerprint density at radius 3 is 3.05 bits per heavy atom. The van der Waals surface area contributed by atoms with Crippen molar-refractivity contribution in [2.45, 2.75) is 19.1 Å². The van der Waals surface area contributed by atoms with Gasteiger partial charge in [0, 0.05) is 0 Å². The first-order valence-corrected chi connectivity index (χ1v) is 7.30. The summed E-state index contributed by atoms with van der Waals surface area (Å²) < 4.78 is 5.65. The quantitative estimate of drug-likeness (QED) is 0.762. The number of ether oxygens (including phenoxy) is 1. The van der Waals surface area contributed by atoms with E-state index < -0.39 is 0 Å². The predicted octanol–water partition coefficient (Wildman–Crippen LogP) is 2.11. The number of rotatable bonds is 7. The van der Waals surface area contributed by atoms with E-state index >= 15 is 0 Å². The summed E-state index contributed by atoms with van der Waals surface area (Å²) in [5.74, 6) is 3.29. The fourth-order valence-corrected chi connectivity index (χ4v) is 2.39. The molecule has 0 atom stereocenters. The Hall–Kier alpha value is -1.69. The van der Waals surface area contributed by atoms with Crippen molar-refractivity contribution >= 4 is 11.8 Å². The number of aryl methyl sites for hydroxylation is 1. The number of aromatic amines is 2. The Morgan fingerprint density at radius 1 is 1.42 bits per heavy atom. The molecule has 0 aliphatic carbocycles. The molecule has 19 heavy (non-hydrogen) atoms. The maximum atomic E-state index is 10.8. The van der Waals surface area contributed by atoms with E-state index in [1.165, 1.54) is 5.56 Å². The number of nitrogens with one attached hydrogen (secondary N) is 2. The molecule has 0 amide bonds. The van der Waals surface area contributed by atoms with Crippen molar-refractivity contribution in [2.24, 2.45) is 0 Å². The molecular weight excluding hydrogens is 262 g/mol. The molecule has 0 bridgehead atoms. The fraction of sp³-hybridized carbons (Fsp3) is 0.385. The number of aromatic nitrogens is 3. The number of benzene rings is 1. The third-order valence-electron chi connectivity index (χ3n) is 2.48. The fourth-order valence-electron chi connectivity index (χ4n) is 1.60. The van der Waals surface area contributed by atoms with Crippen LogP contribution in [0.4, 0.5) is 0 Å². The molecule has 1 heterocycles. The lowest BCUT2D eigenvalue weighted by molar-refractivity contribution is 0.318. The number of hydrogen-bond donors (Lipinski definition) is 2. The number of H-pyrrole nitrogens is 2. The standard InChI is InChI=1S/C13H17N3O2S/c1-10-4-2-5-11(8-10)18-6-3-7-19-9-12-14-13(17)16-15-12/h2,4-5,8H,3,6-7,9H2,1H3,(H2,14,15,16,17). The number of thioether (sulfide) groups is 1. The van der Waals surface area contributed by atoms with Crippen molar-refractivity contribution in [2.75, 3.05) is 12.4 Å². The normalized spacial score (nSPS) is 10.6. The van der Waals surface area contributed by atoms with E-state index in [1.54, 1.807) is 11.8 Å². The monoisotopic (exact) mass is 279 g/mol. The Balaban J connectivity index is 1.58. The highest BCUT2D eigenvalue weighted by atomic mass is 32.2. The van der Waals surface area contributed by atoms with Gasteiger partial charge in [-0.2, -0.15) is 16.9 Å². The average Bonchev–Trinajstić information content (AvgIpc) is 2.79. The Morgan fingerprint density at radius 2 is 2.32 bits per heavy atom. The van der Waals surface area contributed by atoms with Crippen molar-refractivity contribution in [3.63, 3.8) is 0 Å². The van der Waals surface area contributed by atoms with E-state index in [2.05, 4.69) is 15.2 Å². The minimum atomic E-state index is -0.251. The van der Waals surface area contributed by atoms with E-state index in [1.807, 2.05) is 31.2 Å². The van der Waals surface area contributed by atoms with Crippen LogP contribution in [-0.4, -0.2) is 27.5 Å². The van der Waals surface area contributed by atoms with Crippen LogP contribution in [0.25, 0.3) is 0 Å². The van der Waals surface area contributed by atoms with Crippen LogP contribution in [-0.2, 0) is 5.75 Å². The molecule has 0 saturated carbocycles.